The molecule has 0 aromatic heterocycles. The van der Waals surface area contributed by atoms with Gasteiger partial charge in [0.15, 0.2) is 0 Å². The highest BCUT2D eigenvalue weighted by molar-refractivity contribution is 5.85. The van der Waals surface area contributed by atoms with Crippen LogP contribution >= 0.6 is 24.8 Å². The van der Waals surface area contributed by atoms with Crippen molar-refractivity contribution in [2.45, 2.75) is 44.7 Å². The minimum absolute atomic E-state index is 0. The van der Waals surface area contributed by atoms with Gasteiger partial charge in [-0.3, -0.25) is 4.79 Å². The van der Waals surface area contributed by atoms with Crippen molar-refractivity contribution in [2.24, 2.45) is 11.7 Å². The largest absolute Gasteiger partial charge is 0.342 e. The van der Waals surface area contributed by atoms with Gasteiger partial charge < -0.3 is 15.5 Å². The Morgan fingerprint density at radius 3 is 2.16 bits per heavy atom. The third kappa shape index (κ3) is 5.33. The summed E-state index contributed by atoms with van der Waals surface area (Å²) >= 11 is 0. The van der Waals surface area contributed by atoms with Crippen molar-refractivity contribution in [1.29, 1.82) is 0 Å². The second-order valence-electron chi connectivity index (χ2n) is 7.02. The maximum atomic E-state index is 12.8. The van der Waals surface area contributed by atoms with Gasteiger partial charge in [-0.05, 0) is 44.3 Å². The van der Waals surface area contributed by atoms with Crippen LogP contribution in [0.15, 0.2) is 30.3 Å². The van der Waals surface area contributed by atoms with Gasteiger partial charge in [0.1, 0.15) is 0 Å². The van der Waals surface area contributed by atoms with Crippen LogP contribution in [0.5, 0.6) is 0 Å². The molecule has 2 N–H and O–H groups in total. The van der Waals surface area contributed by atoms with Crippen molar-refractivity contribution < 1.29 is 4.79 Å². The SMILES string of the molecule is CC(C(=O)N1CCC(N2CCCC2)CC1)C(N)c1ccccc1.Cl.Cl. The Morgan fingerprint density at radius 1 is 1.04 bits per heavy atom. The molecule has 0 bridgehead atoms. The van der Waals surface area contributed by atoms with Gasteiger partial charge in [-0.25, -0.2) is 0 Å². The number of hydrogen-bond acceptors (Lipinski definition) is 3. The molecule has 2 unspecified atom stereocenters. The Hall–Kier alpha value is -0.810. The van der Waals surface area contributed by atoms with Crippen molar-refractivity contribution in [3.63, 3.8) is 0 Å². The lowest BCUT2D eigenvalue weighted by Gasteiger charge is -2.38. The number of rotatable bonds is 4. The quantitative estimate of drug-likeness (QED) is 0.862. The molecule has 0 radical (unpaired) electrons. The number of hydrogen-bond donors (Lipinski definition) is 1. The molecule has 0 aliphatic carbocycles. The molecule has 0 spiro atoms. The Morgan fingerprint density at radius 2 is 1.60 bits per heavy atom. The predicted molar refractivity (Wildman–Crippen MR) is 107 cm³/mol. The van der Waals surface area contributed by atoms with E-state index in [2.05, 4.69) is 4.90 Å². The standard InChI is InChI=1S/C19H29N3O.2ClH/c1-15(18(20)16-7-3-2-4-8-16)19(23)22-13-9-17(10-14-22)21-11-5-6-12-21;;/h2-4,7-8,15,17-18H,5-6,9-14,20H2,1H3;2*1H. The minimum Gasteiger partial charge on any atom is -0.342 e. The summed E-state index contributed by atoms with van der Waals surface area (Å²) in [6, 6.07) is 10.4. The lowest BCUT2D eigenvalue weighted by molar-refractivity contribution is -0.137. The molecular formula is C19H31Cl2N3O. The predicted octanol–water partition coefficient (Wildman–Crippen LogP) is 3.25. The van der Waals surface area contributed by atoms with E-state index in [9.17, 15) is 4.79 Å². The molecule has 6 heteroatoms. The van der Waals surface area contributed by atoms with Gasteiger partial charge in [0.2, 0.25) is 5.91 Å². The van der Waals surface area contributed by atoms with E-state index in [4.69, 9.17) is 5.73 Å². The fourth-order valence-electron chi connectivity index (χ4n) is 3.96. The van der Waals surface area contributed by atoms with E-state index in [1.807, 2.05) is 42.2 Å². The van der Waals surface area contributed by atoms with E-state index in [-0.39, 0.29) is 42.7 Å². The molecule has 4 nitrogen and oxygen atoms in total. The molecule has 142 valence electrons. The summed E-state index contributed by atoms with van der Waals surface area (Å²) in [5.41, 5.74) is 7.36. The highest BCUT2D eigenvalue weighted by Crippen LogP contribution is 2.25. The first-order valence-corrected chi connectivity index (χ1v) is 9.00. The Bertz CT molecular complexity index is 515. The average Bonchev–Trinajstić information content (AvgIpc) is 3.15. The fourth-order valence-corrected chi connectivity index (χ4v) is 3.96. The van der Waals surface area contributed by atoms with Gasteiger partial charge in [0.05, 0.1) is 5.92 Å². The zero-order valence-electron chi connectivity index (χ0n) is 15.0. The summed E-state index contributed by atoms with van der Waals surface area (Å²) in [7, 11) is 0. The lowest BCUT2D eigenvalue weighted by atomic mass is 9.93. The summed E-state index contributed by atoms with van der Waals surface area (Å²) in [4.78, 5) is 17.4. The average molecular weight is 388 g/mol. The van der Waals surface area contributed by atoms with E-state index < -0.39 is 0 Å². The lowest BCUT2D eigenvalue weighted by Crippen LogP contribution is -2.48. The third-order valence-electron chi connectivity index (χ3n) is 5.55. The van der Waals surface area contributed by atoms with Gasteiger partial charge in [-0.2, -0.15) is 0 Å². The first kappa shape index (κ1) is 22.2. The van der Waals surface area contributed by atoms with Crippen LogP contribution in [-0.4, -0.2) is 47.9 Å². The highest BCUT2D eigenvalue weighted by Gasteiger charge is 2.31. The van der Waals surface area contributed by atoms with Crippen LogP contribution < -0.4 is 5.73 Å². The Labute approximate surface area is 163 Å². The molecule has 2 aliphatic heterocycles. The van der Waals surface area contributed by atoms with Gasteiger partial charge in [0, 0.05) is 25.2 Å². The van der Waals surface area contributed by atoms with Crippen LogP contribution in [0.2, 0.25) is 0 Å². The van der Waals surface area contributed by atoms with Crippen LogP contribution in [-0.2, 0) is 4.79 Å². The molecule has 2 saturated heterocycles. The molecule has 1 aromatic carbocycles. The number of nitrogens with two attached hydrogens (primary N) is 1. The van der Waals surface area contributed by atoms with E-state index in [1.54, 1.807) is 0 Å². The van der Waals surface area contributed by atoms with Crippen LogP contribution in [0.1, 0.15) is 44.2 Å². The van der Waals surface area contributed by atoms with Crippen LogP contribution in [0.25, 0.3) is 0 Å². The Balaban J connectivity index is 0.00000156. The maximum absolute atomic E-state index is 12.8. The Kier molecular flexibility index (Phi) is 9.22. The first-order valence-electron chi connectivity index (χ1n) is 9.00. The van der Waals surface area contributed by atoms with E-state index >= 15 is 0 Å². The van der Waals surface area contributed by atoms with Gasteiger partial charge >= 0.3 is 0 Å². The van der Waals surface area contributed by atoms with Crippen molar-refractivity contribution in [3.05, 3.63) is 35.9 Å². The number of carbonyl (C=O) groups is 1. The highest BCUT2D eigenvalue weighted by atomic mass is 35.5. The van der Waals surface area contributed by atoms with Gasteiger partial charge in [-0.15, -0.1) is 24.8 Å². The van der Waals surface area contributed by atoms with Crippen molar-refractivity contribution in [1.82, 2.24) is 9.80 Å². The molecule has 1 amide bonds. The second-order valence-corrected chi connectivity index (χ2v) is 7.02. The molecule has 25 heavy (non-hydrogen) atoms. The molecule has 1 aromatic rings. The molecule has 2 aliphatic rings. The number of piperidine rings is 1. The van der Waals surface area contributed by atoms with Crippen LogP contribution in [0.3, 0.4) is 0 Å². The molecule has 2 fully saturated rings. The smallest absolute Gasteiger partial charge is 0.227 e. The minimum atomic E-state index is -0.222. The molecule has 0 saturated carbocycles. The summed E-state index contributed by atoms with van der Waals surface area (Å²) in [6.07, 6.45) is 4.89. The number of nitrogens with zero attached hydrogens (tertiary/aromatic N) is 2. The number of likely N-dealkylation sites (tertiary alicyclic amines) is 2. The molecule has 2 atom stereocenters. The number of carbonyl (C=O) groups excluding carboxylic acids is 1. The van der Waals surface area contributed by atoms with E-state index in [0.717, 1.165) is 31.5 Å². The maximum Gasteiger partial charge on any atom is 0.227 e. The van der Waals surface area contributed by atoms with Gasteiger partial charge in [-0.1, -0.05) is 37.3 Å². The topological polar surface area (TPSA) is 49.6 Å². The summed E-state index contributed by atoms with van der Waals surface area (Å²) in [5, 5.41) is 0. The third-order valence-corrected chi connectivity index (χ3v) is 5.55. The zero-order chi connectivity index (χ0) is 16.2. The fraction of sp³-hybridized carbons (Fsp3) is 0.632. The number of halogens is 2. The zero-order valence-corrected chi connectivity index (χ0v) is 16.6. The van der Waals surface area contributed by atoms with Crippen LogP contribution in [0, 0.1) is 5.92 Å². The van der Waals surface area contributed by atoms with E-state index in [1.165, 1.54) is 25.9 Å². The monoisotopic (exact) mass is 387 g/mol. The van der Waals surface area contributed by atoms with E-state index in [0.29, 0.717) is 6.04 Å². The molecular weight excluding hydrogens is 357 g/mol. The second kappa shape index (κ2) is 10.4. The van der Waals surface area contributed by atoms with Gasteiger partial charge in [0.25, 0.3) is 0 Å². The number of amides is 1. The summed E-state index contributed by atoms with van der Waals surface area (Å²) in [6.45, 7) is 6.21. The van der Waals surface area contributed by atoms with Crippen molar-refractivity contribution in [3.8, 4) is 0 Å². The molecule has 2 heterocycles. The van der Waals surface area contributed by atoms with Crippen LogP contribution in [0.4, 0.5) is 0 Å². The molecule has 3 rings (SSSR count). The summed E-state index contributed by atoms with van der Waals surface area (Å²) in [5.74, 6) is 0.0435. The number of benzene rings is 1. The van der Waals surface area contributed by atoms with Crippen molar-refractivity contribution >= 4 is 30.7 Å². The summed E-state index contributed by atoms with van der Waals surface area (Å²) < 4.78 is 0. The first-order chi connectivity index (χ1) is 11.2. The normalized spacial score (nSPS) is 21.1. The van der Waals surface area contributed by atoms with Crippen molar-refractivity contribution in [2.75, 3.05) is 26.2 Å².